The first kappa shape index (κ1) is 26.2. The average molecular weight is 496 g/mol. The highest BCUT2D eigenvalue weighted by atomic mass is 19.4. The molecule has 0 saturated heterocycles. The van der Waals surface area contributed by atoms with Crippen molar-refractivity contribution in [2.75, 3.05) is 18.5 Å². The summed E-state index contributed by atoms with van der Waals surface area (Å²) in [5.74, 6) is -0.947. The molecule has 0 aliphatic heterocycles. The van der Waals surface area contributed by atoms with Crippen molar-refractivity contribution in [1.82, 2.24) is 15.0 Å². The number of ether oxygens (including phenoxy) is 3. The zero-order chi connectivity index (χ0) is 25.9. The fraction of sp³-hybridized carbons (Fsp3) is 0.522. The van der Waals surface area contributed by atoms with Gasteiger partial charge in [0, 0.05) is 6.42 Å². The second-order valence-electron chi connectivity index (χ2n) is 9.06. The van der Waals surface area contributed by atoms with Crippen molar-refractivity contribution in [2.24, 2.45) is 0 Å². The van der Waals surface area contributed by atoms with Crippen molar-refractivity contribution in [3.05, 3.63) is 41.2 Å². The molecule has 0 atom stereocenters. The van der Waals surface area contributed by atoms with Crippen LogP contribution in [0.15, 0.2) is 24.3 Å². The molecule has 1 aromatic carbocycles. The minimum atomic E-state index is -4.58. The standard InChI is InChI=1S/C23H27F3N4O5/c1-5-33-18(32)22(10-11-22)30-19-27-16(28-20(29-19)34-13-23(24,25)26)12-14-6-8-15(9-7-14)17(31)35-21(2,3)4/h6-9H,5,10-13H2,1-4H3,(H,27,28,29,30). The van der Waals surface area contributed by atoms with E-state index in [0.29, 0.717) is 24.0 Å². The highest BCUT2D eigenvalue weighted by molar-refractivity contribution is 5.89. The topological polar surface area (TPSA) is 113 Å². The molecular formula is C23H27F3N4O5. The Bertz CT molecular complexity index is 1060. The summed E-state index contributed by atoms with van der Waals surface area (Å²) >= 11 is 0. The first-order valence-electron chi connectivity index (χ1n) is 11.0. The maximum atomic E-state index is 12.7. The lowest BCUT2D eigenvalue weighted by Crippen LogP contribution is -2.34. The van der Waals surface area contributed by atoms with E-state index in [2.05, 4.69) is 20.3 Å². The molecule has 1 fully saturated rings. The zero-order valence-corrected chi connectivity index (χ0v) is 19.9. The SMILES string of the molecule is CCOC(=O)C1(Nc2nc(Cc3ccc(C(=O)OC(C)(C)C)cc3)nc(OCC(F)(F)F)n2)CC1. The highest BCUT2D eigenvalue weighted by Crippen LogP contribution is 2.39. The van der Waals surface area contributed by atoms with E-state index >= 15 is 0 Å². The Morgan fingerprint density at radius 3 is 2.26 bits per heavy atom. The lowest BCUT2D eigenvalue weighted by Gasteiger charge is -2.19. The second-order valence-corrected chi connectivity index (χ2v) is 9.06. The van der Waals surface area contributed by atoms with E-state index in [9.17, 15) is 22.8 Å². The van der Waals surface area contributed by atoms with Crippen LogP contribution in [0.4, 0.5) is 19.1 Å². The first-order chi connectivity index (χ1) is 16.3. The molecule has 35 heavy (non-hydrogen) atoms. The van der Waals surface area contributed by atoms with Crippen LogP contribution in [-0.2, 0) is 20.7 Å². The van der Waals surface area contributed by atoms with Crippen LogP contribution >= 0.6 is 0 Å². The van der Waals surface area contributed by atoms with Crippen molar-refractivity contribution in [1.29, 1.82) is 0 Å². The maximum absolute atomic E-state index is 12.7. The molecule has 1 N–H and O–H groups in total. The van der Waals surface area contributed by atoms with Crippen LogP contribution < -0.4 is 10.1 Å². The Morgan fingerprint density at radius 1 is 1.06 bits per heavy atom. The van der Waals surface area contributed by atoms with Gasteiger partial charge in [0.05, 0.1) is 12.2 Å². The molecule has 1 aliphatic rings. The van der Waals surface area contributed by atoms with Crippen LogP contribution in [-0.4, -0.2) is 57.4 Å². The summed E-state index contributed by atoms with van der Waals surface area (Å²) in [5, 5.41) is 2.86. The molecule has 1 aliphatic carbocycles. The number of benzene rings is 1. The van der Waals surface area contributed by atoms with Crippen LogP contribution in [0.5, 0.6) is 6.01 Å². The quantitative estimate of drug-likeness (QED) is 0.517. The van der Waals surface area contributed by atoms with Crippen LogP contribution in [0.1, 0.15) is 62.3 Å². The Balaban J connectivity index is 1.80. The van der Waals surface area contributed by atoms with Gasteiger partial charge in [-0.1, -0.05) is 12.1 Å². The molecule has 0 spiro atoms. The Hall–Kier alpha value is -3.44. The van der Waals surface area contributed by atoms with Crippen LogP contribution in [0.25, 0.3) is 0 Å². The maximum Gasteiger partial charge on any atom is 0.422 e. The molecule has 0 unspecified atom stereocenters. The third kappa shape index (κ3) is 7.79. The fourth-order valence-corrected chi connectivity index (χ4v) is 3.01. The molecular weight excluding hydrogens is 469 g/mol. The average Bonchev–Trinajstić information content (AvgIpc) is 3.52. The summed E-state index contributed by atoms with van der Waals surface area (Å²) in [6.45, 7) is 5.56. The van der Waals surface area contributed by atoms with E-state index in [1.54, 1.807) is 52.0 Å². The minimum Gasteiger partial charge on any atom is -0.464 e. The van der Waals surface area contributed by atoms with E-state index < -0.39 is 41.9 Å². The van der Waals surface area contributed by atoms with E-state index in [0.717, 1.165) is 0 Å². The monoisotopic (exact) mass is 496 g/mol. The molecule has 2 aromatic rings. The van der Waals surface area contributed by atoms with Gasteiger partial charge in [-0.25, -0.2) is 9.59 Å². The number of rotatable bonds is 9. The van der Waals surface area contributed by atoms with Gasteiger partial charge in [-0.15, -0.1) is 0 Å². The van der Waals surface area contributed by atoms with Crippen molar-refractivity contribution in [3.63, 3.8) is 0 Å². The van der Waals surface area contributed by atoms with Crippen molar-refractivity contribution in [3.8, 4) is 6.01 Å². The number of alkyl halides is 3. The van der Waals surface area contributed by atoms with Crippen LogP contribution in [0.3, 0.4) is 0 Å². The number of nitrogens with zero attached hydrogens (tertiary/aromatic N) is 3. The number of halogens is 3. The van der Waals surface area contributed by atoms with Crippen molar-refractivity contribution < 1.29 is 37.0 Å². The molecule has 1 heterocycles. The van der Waals surface area contributed by atoms with Crippen molar-refractivity contribution >= 4 is 17.9 Å². The Labute approximate surface area is 200 Å². The highest BCUT2D eigenvalue weighted by Gasteiger charge is 2.52. The van der Waals surface area contributed by atoms with E-state index in [-0.39, 0.29) is 24.8 Å². The lowest BCUT2D eigenvalue weighted by atomic mass is 10.1. The van der Waals surface area contributed by atoms with Crippen LogP contribution in [0, 0.1) is 0 Å². The van der Waals surface area contributed by atoms with Gasteiger partial charge in [0.1, 0.15) is 17.0 Å². The molecule has 0 radical (unpaired) electrons. The molecule has 9 nitrogen and oxygen atoms in total. The predicted octanol–water partition coefficient (Wildman–Crippen LogP) is 3.87. The van der Waals surface area contributed by atoms with E-state index in [1.807, 2.05) is 0 Å². The van der Waals surface area contributed by atoms with Gasteiger partial charge in [-0.3, -0.25) is 0 Å². The Morgan fingerprint density at radius 2 is 1.71 bits per heavy atom. The van der Waals surface area contributed by atoms with Gasteiger partial charge < -0.3 is 19.5 Å². The van der Waals surface area contributed by atoms with Crippen molar-refractivity contribution in [2.45, 2.75) is 64.3 Å². The molecule has 1 saturated carbocycles. The summed E-state index contributed by atoms with van der Waals surface area (Å²) in [6, 6.07) is 5.94. The summed E-state index contributed by atoms with van der Waals surface area (Å²) < 4.78 is 53.1. The van der Waals surface area contributed by atoms with Crippen LogP contribution in [0.2, 0.25) is 0 Å². The summed E-state index contributed by atoms with van der Waals surface area (Å²) in [7, 11) is 0. The molecule has 1 aromatic heterocycles. The minimum absolute atomic E-state index is 0.0943. The molecule has 0 amide bonds. The largest absolute Gasteiger partial charge is 0.464 e. The first-order valence-corrected chi connectivity index (χ1v) is 11.0. The number of aromatic nitrogens is 3. The van der Waals surface area contributed by atoms with Gasteiger partial charge in [-0.05, 0) is 58.2 Å². The van der Waals surface area contributed by atoms with Gasteiger partial charge in [0.15, 0.2) is 6.61 Å². The number of nitrogens with one attached hydrogen (secondary N) is 1. The number of esters is 2. The molecule has 190 valence electrons. The number of hydrogen-bond acceptors (Lipinski definition) is 9. The Kier molecular flexibility index (Phi) is 7.51. The predicted molar refractivity (Wildman–Crippen MR) is 118 cm³/mol. The summed E-state index contributed by atoms with van der Waals surface area (Å²) in [5.41, 5.74) is -0.631. The summed E-state index contributed by atoms with van der Waals surface area (Å²) in [6.07, 6.45) is -3.53. The second kappa shape index (κ2) is 10.0. The number of anilines is 1. The lowest BCUT2D eigenvalue weighted by molar-refractivity contribution is -0.154. The molecule has 12 heteroatoms. The number of hydrogen-bond donors (Lipinski definition) is 1. The van der Waals surface area contributed by atoms with Gasteiger partial charge >= 0.3 is 24.1 Å². The van der Waals surface area contributed by atoms with Gasteiger partial charge in [0.25, 0.3) is 0 Å². The third-order valence-corrected chi connectivity index (χ3v) is 4.74. The van der Waals surface area contributed by atoms with Gasteiger partial charge in [0.2, 0.25) is 5.95 Å². The summed E-state index contributed by atoms with van der Waals surface area (Å²) in [4.78, 5) is 36.6. The molecule has 3 rings (SSSR count). The smallest absolute Gasteiger partial charge is 0.422 e. The van der Waals surface area contributed by atoms with E-state index in [4.69, 9.17) is 14.2 Å². The van der Waals surface area contributed by atoms with Gasteiger partial charge in [-0.2, -0.15) is 28.1 Å². The third-order valence-electron chi connectivity index (χ3n) is 4.74. The number of carbonyl (C=O) groups excluding carboxylic acids is 2. The zero-order valence-electron chi connectivity index (χ0n) is 19.9. The fourth-order valence-electron chi connectivity index (χ4n) is 3.01. The molecule has 0 bridgehead atoms. The van der Waals surface area contributed by atoms with E-state index in [1.165, 1.54) is 0 Å². The normalized spacial score (nSPS) is 14.7. The number of carbonyl (C=O) groups is 2.